The third kappa shape index (κ3) is 4.85. The van der Waals surface area contributed by atoms with Crippen molar-refractivity contribution >= 4 is 33.7 Å². The zero-order valence-corrected chi connectivity index (χ0v) is 18.9. The van der Waals surface area contributed by atoms with Gasteiger partial charge in [0.05, 0.1) is 11.8 Å². The second kappa shape index (κ2) is 10.1. The SMILES string of the molecule is Cc1c(CC/C(=N/Nc2ccc([NH+]([O-])O)cc2[NH+]([O-])O)c2ccccc2)c2ccccc2n1C. The number of nitrogens with zero attached hydrogens (tertiary/aromatic N) is 2. The summed E-state index contributed by atoms with van der Waals surface area (Å²) < 4.78 is 2.19. The maximum Gasteiger partial charge on any atom is 0.195 e. The fourth-order valence-electron chi connectivity index (χ4n) is 4.13. The molecule has 0 bridgehead atoms. The summed E-state index contributed by atoms with van der Waals surface area (Å²) in [5.41, 5.74) is 8.16. The van der Waals surface area contributed by atoms with E-state index in [0.29, 0.717) is 6.42 Å². The van der Waals surface area contributed by atoms with E-state index in [9.17, 15) is 20.8 Å². The second-order valence-electron chi connectivity index (χ2n) is 8.05. The Balaban J connectivity index is 1.66. The molecule has 1 aromatic heterocycles. The van der Waals surface area contributed by atoms with E-state index in [1.165, 1.54) is 34.3 Å². The molecule has 0 fully saturated rings. The molecule has 0 amide bonds. The lowest BCUT2D eigenvalue weighted by atomic mass is 10.00. The normalized spacial score (nSPS) is 13.8. The summed E-state index contributed by atoms with van der Waals surface area (Å²) in [6.45, 7) is 2.11. The van der Waals surface area contributed by atoms with Gasteiger partial charge in [-0.1, -0.05) is 48.5 Å². The minimum atomic E-state index is -1.23. The molecule has 0 spiro atoms. The van der Waals surface area contributed by atoms with Crippen molar-refractivity contribution in [1.29, 1.82) is 0 Å². The number of aryl methyl sites for hydroxylation is 2. The fraction of sp³-hybridized carbons (Fsp3) is 0.160. The topological polar surface area (TPSA) is 125 Å². The van der Waals surface area contributed by atoms with Crippen LogP contribution < -0.4 is 15.9 Å². The van der Waals surface area contributed by atoms with Gasteiger partial charge in [-0.05, 0) is 43.0 Å². The van der Waals surface area contributed by atoms with Crippen LogP contribution in [0, 0.1) is 17.3 Å². The van der Waals surface area contributed by atoms with Gasteiger partial charge in [0.1, 0.15) is 5.69 Å². The smallest absolute Gasteiger partial charge is 0.195 e. The fourth-order valence-corrected chi connectivity index (χ4v) is 4.13. The van der Waals surface area contributed by atoms with E-state index in [1.54, 1.807) is 0 Å². The molecule has 176 valence electrons. The Labute approximate surface area is 196 Å². The zero-order chi connectivity index (χ0) is 24.2. The molecule has 1 heterocycles. The molecule has 5 N–H and O–H groups in total. The number of nitrogens with one attached hydrogen (secondary N) is 3. The highest BCUT2D eigenvalue weighted by atomic mass is 16.8. The molecular formula is C25H27N5O4. The van der Waals surface area contributed by atoms with Crippen molar-refractivity contribution in [3.63, 3.8) is 0 Å². The standard InChI is InChI=1S/C25H27N5O4/c1-17-20(21-10-6-7-11-24(21)28(17)2)13-15-22(18-8-4-3-5-9-18)26-27-23-14-12-19(29(31)32)16-25(23)30(33)34/h3-12,14,16,27,29-31,33H,13,15H2,1-2H3/b26-22-. The molecule has 2 atom stereocenters. The number of hydrogen-bond donors (Lipinski definition) is 5. The predicted molar refractivity (Wildman–Crippen MR) is 131 cm³/mol. The summed E-state index contributed by atoms with van der Waals surface area (Å²) in [7, 11) is 2.06. The molecule has 2 unspecified atom stereocenters. The van der Waals surface area contributed by atoms with E-state index in [-0.39, 0.29) is 17.1 Å². The Morgan fingerprint density at radius 1 is 0.971 bits per heavy atom. The number of para-hydroxylation sites is 1. The summed E-state index contributed by atoms with van der Waals surface area (Å²) >= 11 is 0. The van der Waals surface area contributed by atoms with Gasteiger partial charge in [0.2, 0.25) is 0 Å². The molecular weight excluding hydrogens is 434 g/mol. The van der Waals surface area contributed by atoms with Crippen molar-refractivity contribution in [2.24, 2.45) is 12.1 Å². The van der Waals surface area contributed by atoms with Crippen LogP contribution in [0.25, 0.3) is 10.9 Å². The lowest BCUT2D eigenvalue weighted by Crippen LogP contribution is -3.00. The summed E-state index contributed by atoms with van der Waals surface area (Å²) in [5, 5.41) is 45.0. The molecule has 0 aliphatic heterocycles. The van der Waals surface area contributed by atoms with Crippen LogP contribution in [0.4, 0.5) is 17.1 Å². The third-order valence-electron chi connectivity index (χ3n) is 6.06. The van der Waals surface area contributed by atoms with Crippen LogP contribution in [-0.4, -0.2) is 20.7 Å². The van der Waals surface area contributed by atoms with Gasteiger partial charge >= 0.3 is 0 Å². The highest BCUT2D eigenvalue weighted by Gasteiger charge is 2.16. The maximum atomic E-state index is 11.7. The van der Waals surface area contributed by atoms with Crippen LogP contribution in [-0.2, 0) is 13.5 Å². The van der Waals surface area contributed by atoms with Gasteiger partial charge in [0, 0.05) is 29.7 Å². The number of hydrogen-bond acceptors (Lipinski definition) is 6. The molecule has 0 radical (unpaired) electrons. The predicted octanol–water partition coefficient (Wildman–Crippen LogP) is 2.74. The van der Waals surface area contributed by atoms with Crippen LogP contribution in [0.3, 0.4) is 0 Å². The van der Waals surface area contributed by atoms with Crippen LogP contribution >= 0.6 is 0 Å². The van der Waals surface area contributed by atoms with Crippen molar-refractivity contribution in [2.45, 2.75) is 19.8 Å². The van der Waals surface area contributed by atoms with Crippen LogP contribution in [0.5, 0.6) is 0 Å². The lowest BCUT2D eigenvalue weighted by Gasteiger charge is -2.18. The second-order valence-corrected chi connectivity index (χ2v) is 8.05. The summed E-state index contributed by atoms with van der Waals surface area (Å²) in [4.78, 5) is 0. The molecule has 4 aromatic rings. The molecule has 0 saturated heterocycles. The Morgan fingerprint density at radius 3 is 2.38 bits per heavy atom. The van der Waals surface area contributed by atoms with Crippen LogP contribution in [0.15, 0.2) is 77.9 Å². The van der Waals surface area contributed by atoms with Crippen molar-refractivity contribution in [3.05, 3.63) is 100 Å². The summed E-state index contributed by atoms with van der Waals surface area (Å²) in [6.07, 6.45) is 1.38. The molecule has 9 heteroatoms. The molecule has 0 saturated carbocycles. The zero-order valence-electron chi connectivity index (χ0n) is 18.9. The number of fused-ring (bicyclic) bond motifs is 1. The van der Waals surface area contributed by atoms with Gasteiger partial charge in [-0.2, -0.15) is 15.6 Å². The average Bonchev–Trinajstić information content (AvgIpc) is 3.09. The van der Waals surface area contributed by atoms with Gasteiger partial charge in [-0.3, -0.25) is 5.43 Å². The van der Waals surface area contributed by atoms with E-state index < -0.39 is 10.5 Å². The third-order valence-corrected chi connectivity index (χ3v) is 6.06. The number of benzene rings is 3. The molecule has 9 nitrogen and oxygen atoms in total. The minimum absolute atomic E-state index is 0.0957. The Morgan fingerprint density at radius 2 is 1.68 bits per heavy atom. The van der Waals surface area contributed by atoms with Crippen LogP contribution in [0.1, 0.15) is 23.2 Å². The number of quaternary nitrogens is 2. The molecule has 3 aromatic carbocycles. The van der Waals surface area contributed by atoms with E-state index in [0.717, 1.165) is 23.8 Å². The first-order valence-electron chi connectivity index (χ1n) is 10.9. The Kier molecular flexibility index (Phi) is 7.03. The lowest BCUT2D eigenvalue weighted by molar-refractivity contribution is -0.996. The number of hydrazone groups is 1. The first kappa shape index (κ1) is 23.6. The molecule has 0 aliphatic rings. The van der Waals surface area contributed by atoms with Crippen molar-refractivity contribution in [2.75, 3.05) is 5.43 Å². The van der Waals surface area contributed by atoms with E-state index >= 15 is 0 Å². The maximum absolute atomic E-state index is 11.7. The summed E-state index contributed by atoms with van der Waals surface area (Å²) in [5.74, 6) is 0. The van der Waals surface area contributed by atoms with Crippen molar-refractivity contribution in [1.82, 2.24) is 4.57 Å². The van der Waals surface area contributed by atoms with Crippen molar-refractivity contribution < 1.29 is 20.9 Å². The van der Waals surface area contributed by atoms with E-state index in [1.807, 2.05) is 42.5 Å². The monoisotopic (exact) mass is 461 g/mol. The van der Waals surface area contributed by atoms with Gasteiger partial charge < -0.3 is 15.0 Å². The quantitative estimate of drug-likeness (QED) is 0.204. The Bertz CT molecular complexity index is 1320. The van der Waals surface area contributed by atoms with Crippen LogP contribution in [0.2, 0.25) is 0 Å². The van der Waals surface area contributed by atoms with E-state index in [2.05, 4.69) is 41.2 Å². The van der Waals surface area contributed by atoms with Gasteiger partial charge in [0.15, 0.2) is 11.4 Å². The van der Waals surface area contributed by atoms with Gasteiger partial charge in [0.25, 0.3) is 0 Å². The first-order valence-corrected chi connectivity index (χ1v) is 10.9. The first-order chi connectivity index (χ1) is 16.4. The van der Waals surface area contributed by atoms with Gasteiger partial charge in [-0.25, -0.2) is 10.4 Å². The highest BCUT2D eigenvalue weighted by Crippen LogP contribution is 2.27. The number of anilines is 1. The summed E-state index contributed by atoms with van der Waals surface area (Å²) in [6, 6.07) is 21.9. The number of rotatable bonds is 8. The molecule has 0 aliphatic carbocycles. The van der Waals surface area contributed by atoms with Gasteiger partial charge in [-0.15, -0.1) is 0 Å². The largest absolute Gasteiger partial charge is 0.595 e. The molecule has 4 rings (SSSR count). The van der Waals surface area contributed by atoms with E-state index in [4.69, 9.17) is 0 Å². The number of aromatic nitrogens is 1. The minimum Gasteiger partial charge on any atom is -0.595 e. The average molecular weight is 462 g/mol. The Hall–Kier alpha value is -3.57. The molecule has 34 heavy (non-hydrogen) atoms. The highest BCUT2D eigenvalue weighted by molar-refractivity contribution is 6.01. The van der Waals surface area contributed by atoms with Crippen molar-refractivity contribution in [3.8, 4) is 0 Å².